The number of rotatable bonds is 2. The Balaban J connectivity index is 1.85. The van der Waals surface area contributed by atoms with Crippen LogP contribution in [0, 0.1) is 6.92 Å². The van der Waals surface area contributed by atoms with E-state index in [0.29, 0.717) is 24.2 Å². The maximum Gasteiger partial charge on any atom is 0.326 e. The van der Waals surface area contributed by atoms with Gasteiger partial charge < -0.3 is 14.7 Å². The third kappa shape index (κ3) is 2.88. The molecule has 2 atom stereocenters. The number of amides is 1. The summed E-state index contributed by atoms with van der Waals surface area (Å²) < 4.78 is 6.16. The van der Waals surface area contributed by atoms with Crippen LogP contribution in [0.1, 0.15) is 48.5 Å². The van der Waals surface area contributed by atoms with Gasteiger partial charge in [0.25, 0.3) is 0 Å². The number of nitrogens with zero attached hydrogens (tertiary/aromatic N) is 1. The number of ether oxygens (including phenoxy) is 1. The van der Waals surface area contributed by atoms with Crippen molar-refractivity contribution in [3.05, 3.63) is 29.3 Å². The molecule has 1 N–H and O–H groups in total. The molecular weight excluding hydrogens is 310 g/mol. The van der Waals surface area contributed by atoms with E-state index in [4.69, 9.17) is 9.84 Å². The van der Waals surface area contributed by atoms with Crippen LogP contribution in [-0.4, -0.2) is 45.9 Å². The van der Waals surface area contributed by atoms with E-state index in [1.165, 1.54) is 11.8 Å². The molecule has 0 aromatic heterocycles. The van der Waals surface area contributed by atoms with Crippen molar-refractivity contribution >= 4 is 17.7 Å². The van der Waals surface area contributed by atoms with E-state index in [1.807, 2.05) is 19.1 Å². The molecule has 6 nitrogen and oxygen atoms in total. The van der Waals surface area contributed by atoms with Crippen LogP contribution < -0.4 is 4.74 Å². The van der Waals surface area contributed by atoms with Gasteiger partial charge in [0, 0.05) is 19.4 Å². The number of hydrogen-bond acceptors (Lipinski definition) is 4. The Morgan fingerprint density at radius 1 is 1.33 bits per heavy atom. The van der Waals surface area contributed by atoms with Gasteiger partial charge in [-0.2, -0.15) is 0 Å². The number of aryl methyl sites for hydroxylation is 1. The van der Waals surface area contributed by atoms with E-state index in [1.54, 1.807) is 6.07 Å². The number of carbonyl (C=O) groups excluding carboxylic acids is 2. The van der Waals surface area contributed by atoms with Gasteiger partial charge in [0.15, 0.2) is 5.78 Å². The van der Waals surface area contributed by atoms with E-state index in [2.05, 4.69) is 0 Å². The summed E-state index contributed by atoms with van der Waals surface area (Å²) in [5, 5.41) is 9.16. The first-order chi connectivity index (χ1) is 11.3. The highest BCUT2D eigenvalue weighted by atomic mass is 16.5. The lowest BCUT2D eigenvalue weighted by molar-refractivity contribution is -0.149. The number of benzene rings is 1. The predicted octanol–water partition coefficient (Wildman–Crippen LogP) is 2.18. The molecule has 1 fully saturated rings. The minimum atomic E-state index is -1.03. The number of carbonyl (C=O) groups is 3. The van der Waals surface area contributed by atoms with Crippen LogP contribution >= 0.6 is 0 Å². The van der Waals surface area contributed by atoms with Crippen molar-refractivity contribution < 1.29 is 24.2 Å². The van der Waals surface area contributed by atoms with Crippen molar-refractivity contribution in [2.24, 2.45) is 0 Å². The highest BCUT2D eigenvalue weighted by Crippen LogP contribution is 2.40. The normalized spacial score (nSPS) is 25.0. The second-order valence-corrected chi connectivity index (χ2v) is 6.74. The van der Waals surface area contributed by atoms with Gasteiger partial charge in [-0.05, 0) is 32.4 Å². The Kier molecular flexibility index (Phi) is 4.07. The van der Waals surface area contributed by atoms with Crippen LogP contribution in [0.3, 0.4) is 0 Å². The Labute approximate surface area is 140 Å². The molecule has 3 rings (SSSR count). The summed E-state index contributed by atoms with van der Waals surface area (Å²) in [5.74, 6) is -0.649. The van der Waals surface area contributed by atoms with E-state index >= 15 is 0 Å². The highest BCUT2D eigenvalue weighted by molar-refractivity contribution is 6.00. The first kappa shape index (κ1) is 16.5. The van der Waals surface area contributed by atoms with Crippen LogP contribution in [0.15, 0.2) is 18.2 Å². The van der Waals surface area contributed by atoms with Crippen molar-refractivity contribution in [2.75, 3.05) is 6.54 Å². The molecule has 0 saturated carbocycles. The molecule has 1 aromatic rings. The summed E-state index contributed by atoms with van der Waals surface area (Å²) >= 11 is 0. The minimum absolute atomic E-state index is 0.0205. The zero-order valence-electron chi connectivity index (χ0n) is 13.9. The summed E-state index contributed by atoms with van der Waals surface area (Å²) in [5.41, 5.74) is 0.869. The van der Waals surface area contributed by atoms with E-state index in [0.717, 1.165) is 5.56 Å². The lowest BCUT2D eigenvalue weighted by Gasteiger charge is -2.37. The highest BCUT2D eigenvalue weighted by Gasteiger charge is 2.44. The Morgan fingerprint density at radius 3 is 2.79 bits per heavy atom. The van der Waals surface area contributed by atoms with Crippen molar-refractivity contribution in [1.29, 1.82) is 0 Å². The summed E-state index contributed by atoms with van der Waals surface area (Å²) in [7, 11) is 0. The molecule has 1 amide bonds. The number of fused-ring (bicyclic) bond motifs is 1. The molecule has 6 heteroatoms. The number of carboxylic acids is 1. The van der Waals surface area contributed by atoms with Gasteiger partial charge in [0.05, 0.1) is 12.0 Å². The maximum absolute atomic E-state index is 12.6. The molecule has 0 aliphatic carbocycles. The van der Waals surface area contributed by atoms with Gasteiger partial charge in [-0.25, -0.2) is 4.79 Å². The summed E-state index contributed by atoms with van der Waals surface area (Å²) in [6.45, 7) is 3.71. The lowest BCUT2D eigenvalue weighted by atomic mass is 9.84. The average molecular weight is 331 g/mol. The molecule has 24 heavy (non-hydrogen) atoms. The topological polar surface area (TPSA) is 83.9 Å². The van der Waals surface area contributed by atoms with Crippen LogP contribution in [0.4, 0.5) is 0 Å². The molecule has 1 spiro atoms. The largest absolute Gasteiger partial charge is 0.486 e. The number of ketones is 1. The zero-order valence-corrected chi connectivity index (χ0v) is 13.9. The van der Waals surface area contributed by atoms with Crippen molar-refractivity contribution in [2.45, 2.75) is 51.2 Å². The van der Waals surface area contributed by atoms with Gasteiger partial charge in [0.2, 0.25) is 5.91 Å². The monoisotopic (exact) mass is 331 g/mol. The molecule has 1 saturated heterocycles. The molecule has 1 aromatic carbocycles. The van der Waals surface area contributed by atoms with E-state index in [-0.39, 0.29) is 31.1 Å². The van der Waals surface area contributed by atoms with Crippen molar-refractivity contribution in [1.82, 2.24) is 4.90 Å². The molecule has 2 heterocycles. The molecule has 0 bridgehead atoms. The third-order valence-corrected chi connectivity index (χ3v) is 4.99. The number of Topliss-reactive ketones (excluding diaryl/α,β-unsaturated/α-hetero) is 1. The van der Waals surface area contributed by atoms with Crippen LogP contribution in [0.25, 0.3) is 0 Å². The summed E-state index contributed by atoms with van der Waals surface area (Å²) in [4.78, 5) is 37.4. The maximum atomic E-state index is 12.6. The first-order valence-corrected chi connectivity index (χ1v) is 8.16. The van der Waals surface area contributed by atoms with Crippen LogP contribution in [0.5, 0.6) is 5.75 Å². The second-order valence-electron chi connectivity index (χ2n) is 6.74. The van der Waals surface area contributed by atoms with Crippen LogP contribution in [0.2, 0.25) is 0 Å². The van der Waals surface area contributed by atoms with Gasteiger partial charge >= 0.3 is 5.97 Å². The fourth-order valence-corrected chi connectivity index (χ4v) is 3.48. The zero-order chi connectivity index (χ0) is 17.5. The predicted molar refractivity (Wildman–Crippen MR) is 86.1 cm³/mol. The molecule has 2 aliphatic heterocycles. The lowest BCUT2D eigenvalue weighted by Crippen LogP contribution is -2.45. The summed E-state index contributed by atoms with van der Waals surface area (Å²) in [6, 6.07) is 4.65. The van der Waals surface area contributed by atoms with Crippen molar-refractivity contribution in [3.63, 3.8) is 0 Å². The second kappa shape index (κ2) is 5.92. The number of carboxylic acid groups (broad SMARTS) is 1. The number of aliphatic carboxylic acids is 1. The van der Waals surface area contributed by atoms with Gasteiger partial charge in [-0.15, -0.1) is 0 Å². The molecule has 0 radical (unpaired) electrons. The van der Waals surface area contributed by atoms with Crippen molar-refractivity contribution in [3.8, 4) is 5.75 Å². The fraction of sp³-hybridized carbons (Fsp3) is 0.500. The Bertz CT molecular complexity index is 713. The Morgan fingerprint density at radius 2 is 2.08 bits per heavy atom. The minimum Gasteiger partial charge on any atom is -0.486 e. The fourth-order valence-electron chi connectivity index (χ4n) is 3.48. The Hall–Kier alpha value is -2.37. The van der Waals surface area contributed by atoms with E-state index in [9.17, 15) is 14.4 Å². The number of likely N-dealkylation sites (tertiary alicyclic amines) is 1. The molecular formula is C18H21NO5. The SMILES string of the molecule is Cc1ccc2c(c1)C(=O)C[C@@]1(CCC(=O)N([C@H](C)C(=O)O)CC1)O2. The standard InChI is InChI=1S/C18H21NO5/c1-11-3-4-15-13(9-11)14(20)10-18(24-15)6-5-16(21)19(8-7-18)12(2)17(22)23/h3-4,9,12H,5-8,10H2,1-2H3,(H,22,23)/t12-,18+/m1/s1. The van der Waals surface area contributed by atoms with Gasteiger partial charge in [-0.1, -0.05) is 11.6 Å². The average Bonchev–Trinajstić information content (AvgIpc) is 2.68. The molecule has 0 unspecified atom stereocenters. The molecule has 2 aliphatic rings. The van der Waals surface area contributed by atoms with E-state index < -0.39 is 17.6 Å². The molecule has 128 valence electrons. The van der Waals surface area contributed by atoms with Crippen LogP contribution in [-0.2, 0) is 9.59 Å². The first-order valence-electron chi connectivity index (χ1n) is 8.16. The van der Waals surface area contributed by atoms with Gasteiger partial charge in [0.1, 0.15) is 17.4 Å². The van der Waals surface area contributed by atoms with Gasteiger partial charge in [-0.3, -0.25) is 9.59 Å². The number of hydrogen-bond donors (Lipinski definition) is 1. The quantitative estimate of drug-likeness (QED) is 0.898. The summed E-state index contributed by atoms with van der Waals surface area (Å²) in [6.07, 6.45) is 1.29. The smallest absolute Gasteiger partial charge is 0.326 e. The third-order valence-electron chi connectivity index (χ3n) is 4.99.